The fraction of sp³-hybridized carbons (Fsp3) is 0.500. The minimum atomic E-state index is -1.09. The predicted molar refractivity (Wildman–Crippen MR) is 72.4 cm³/mol. The molecular weight excluding hydrogens is 246 g/mol. The third-order valence-corrected chi connectivity index (χ3v) is 2.52. The Kier molecular flexibility index (Phi) is 5.79. The topological polar surface area (TPSA) is 67.8 Å². The lowest BCUT2D eigenvalue weighted by Gasteiger charge is -2.22. The van der Waals surface area contributed by atoms with E-state index in [9.17, 15) is 9.90 Å². The Balaban J connectivity index is 2.68. The fourth-order valence-electron chi connectivity index (χ4n) is 1.66. The van der Waals surface area contributed by atoms with E-state index in [1.165, 1.54) is 7.11 Å². The van der Waals surface area contributed by atoms with Crippen LogP contribution in [0.15, 0.2) is 24.3 Å². The van der Waals surface area contributed by atoms with Crippen LogP contribution in [-0.2, 0) is 4.74 Å². The van der Waals surface area contributed by atoms with Gasteiger partial charge in [0.05, 0.1) is 18.8 Å². The standard InChI is InChI=1S/C14H21NO4/c1-4-19-12-8-6-5-7-11(12)13(16)15-9-14(2,17)10-18-3/h5-8,17H,4,9-10H2,1-3H3,(H,15,16)/t14-/m1/s1. The van der Waals surface area contributed by atoms with E-state index in [2.05, 4.69) is 5.32 Å². The molecule has 0 aliphatic heterocycles. The van der Waals surface area contributed by atoms with Gasteiger partial charge in [-0.3, -0.25) is 4.79 Å². The van der Waals surface area contributed by atoms with Gasteiger partial charge in [0.25, 0.3) is 5.91 Å². The Morgan fingerprint density at radius 1 is 1.42 bits per heavy atom. The van der Waals surface area contributed by atoms with Crippen molar-refractivity contribution >= 4 is 5.91 Å². The van der Waals surface area contributed by atoms with Crippen LogP contribution in [-0.4, -0.2) is 43.5 Å². The average Bonchev–Trinajstić information content (AvgIpc) is 2.37. The molecule has 0 heterocycles. The second-order valence-electron chi connectivity index (χ2n) is 4.54. The highest BCUT2D eigenvalue weighted by Crippen LogP contribution is 2.17. The molecule has 1 aromatic rings. The summed E-state index contributed by atoms with van der Waals surface area (Å²) in [5.74, 6) is 0.259. The van der Waals surface area contributed by atoms with Crippen molar-refractivity contribution in [1.29, 1.82) is 0 Å². The first kappa shape index (κ1) is 15.5. The maximum absolute atomic E-state index is 12.0. The minimum Gasteiger partial charge on any atom is -0.493 e. The molecule has 0 aliphatic rings. The van der Waals surface area contributed by atoms with Crippen LogP contribution in [0.4, 0.5) is 0 Å². The molecule has 5 nitrogen and oxygen atoms in total. The number of methoxy groups -OCH3 is 1. The molecule has 0 saturated heterocycles. The van der Waals surface area contributed by atoms with Crippen molar-refractivity contribution in [2.75, 3.05) is 26.9 Å². The molecule has 1 aromatic carbocycles. The minimum absolute atomic E-state index is 0.111. The van der Waals surface area contributed by atoms with Crippen LogP contribution in [0.25, 0.3) is 0 Å². The van der Waals surface area contributed by atoms with Crippen LogP contribution < -0.4 is 10.1 Å². The number of rotatable bonds is 7. The molecular formula is C14H21NO4. The number of carbonyl (C=O) groups is 1. The number of ether oxygens (including phenoxy) is 2. The molecule has 0 saturated carbocycles. The van der Waals surface area contributed by atoms with Crippen molar-refractivity contribution in [3.63, 3.8) is 0 Å². The molecule has 0 aliphatic carbocycles. The molecule has 0 radical (unpaired) electrons. The molecule has 0 bridgehead atoms. The summed E-state index contributed by atoms with van der Waals surface area (Å²) in [6.45, 7) is 4.22. The number of hydrogen-bond acceptors (Lipinski definition) is 4. The second-order valence-corrected chi connectivity index (χ2v) is 4.54. The molecule has 2 N–H and O–H groups in total. The lowest BCUT2D eigenvalue weighted by atomic mass is 10.1. The van der Waals surface area contributed by atoms with Crippen LogP contribution in [0.5, 0.6) is 5.75 Å². The molecule has 1 rings (SSSR count). The highest BCUT2D eigenvalue weighted by molar-refractivity contribution is 5.96. The van der Waals surface area contributed by atoms with E-state index >= 15 is 0 Å². The van der Waals surface area contributed by atoms with Crippen LogP contribution in [0.1, 0.15) is 24.2 Å². The van der Waals surface area contributed by atoms with Gasteiger partial charge in [0, 0.05) is 13.7 Å². The summed E-state index contributed by atoms with van der Waals surface area (Å²) in [6, 6.07) is 7.00. The lowest BCUT2D eigenvalue weighted by molar-refractivity contribution is -0.0147. The molecule has 19 heavy (non-hydrogen) atoms. The van der Waals surface area contributed by atoms with Crippen molar-refractivity contribution < 1.29 is 19.4 Å². The van der Waals surface area contributed by atoms with Gasteiger partial charge >= 0.3 is 0 Å². The molecule has 1 amide bonds. The summed E-state index contributed by atoms with van der Waals surface area (Å²) in [4.78, 5) is 12.0. The van der Waals surface area contributed by atoms with Gasteiger partial charge in [0.15, 0.2) is 0 Å². The first-order chi connectivity index (χ1) is 9.00. The van der Waals surface area contributed by atoms with E-state index in [1.54, 1.807) is 25.1 Å². The summed E-state index contributed by atoms with van der Waals surface area (Å²) in [5, 5.41) is 12.6. The van der Waals surface area contributed by atoms with Crippen molar-refractivity contribution in [2.45, 2.75) is 19.4 Å². The maximum Gasteiger partial charge on any atom is 0.255 e. The van der Waals surface area contributed by atoms with Crippen molar-refractivity contribution in [3.05, 3.63) is 29.8 Å². The zero-order valence-corrected chi connectivity index (χ0v) is 11.6. The van der Waals surface area contributed by atoms with E-state index in [0.717, 1.165) is 0 Å². The van der Waals surface area contributed by atoms with Gasteiger partial charge in [0.1, 0.15) is 11.4 Å². The van der Waals surface area contributed by atoms with Gasteiger partial charge in [-0.05, 0) is 26.0 Å². The summed E-state index contributed by atoms with van der Waals surface area (Å²) in [7, 11) is 1.50. The monoisotopic (exact) mass is 267 g/mol. The second kappa shape index (κ2) is 7.11. The summed E-state index contributed by atoms with van der Waals surface area (Å²) >= 11 is 0. The number of nitrogens with one attached hydrogen (secondary N) is 1. The summed E-state index contributed by atoms with van der Waals surface area (Å²) in [5.41, 5.74) is -0.636. The smallest absolute Gasteiger partial charge is 0.255 e. The van der Waals surface area contributed by atoms with E-state index < -0.39 is 5.60 Å². The van der Waals surface area contributed by atoms with Crippen molar-refractivity contribution in [3.8, 4) is 5.75 Å². The van der Waals surface area contributed by atoms with E-state index in [4.69, 9.17) is 9.47 Å². The Morgan fingerprint density at radius 2 is 2.11 bits per heavy atom. The van der Waals surface area contributed by atoms with Gasteiger partial charge in [-0.2, -0.15) is 0 Å². The molecule has 5 heteroatoms. The van der Waals surface area contributed by atoms with Gasteiger partial charge in [-0.15, -0.1) is 0 Å². The van der Waals surface area contributed by atoms with Gasteiger partial charge < -0.3 is 19.9 Å². The largest absolute Gasteiger partial charge is 0.493 e. The summed E-state index contributed by atoms with van der Waals surface area (Å²) < 4.78 is 10.3. The van der Waals surface area contributed by atoms with E-state index in [1.807, 2.05) is 13.0 Å². The predicted octanol–water partition coefficient (Wildman–Crippen LogP) is 1.21. The van der Waals surface area contributed by atoms with Crippen molar-refractivity contribution in [2.24, 2.45) is 0 Å². The maximum atomic E-state index is 12.0. The van der Waals surface area contributed by atoms with E-state index in [-0.39, 0.29) is 19.1 Å². The van der Waals surface area contributed by atoms with Crippen LogP contribution in [0, 0.1) is 0 Å². The fourth-order valence-corrected chi connectivity index (χ4v) is 1.66. The Labute approximate surface area is 113 Å². The zero-order valence-electron chi connectivity index (χ0n) is 11.6. The third-order valence-electron chi connectivity index (χ3n) is 2.52. The highest BCUT2D eigenvalue weighted by atomic mass is 16.5. The van der Waals surface area contributed by atoms with Crippen LogP contribution in [0.2, 0.25) is 0 Å². The molecule has 0 spiro atoms. The third kappa shape index (κ3) is 4.89. The highest BCUT2D eigenvalue weighted by Gasteiger charge is 2.22. The SMILES string of the molecule is CCOc1ccccc1C(=O)NC[C@@](C)(O)COC. The van der Waals surface area contributed by atoms with Gasteiger partial charge in [0.2, 0.25) is 0 Å². The van der Waals surface area contributed by atoms with Gasteiger partial charge in [-0.1, -0.05) is 12.1 Å². The zero-order chi connectivity index (χ0) is 14.3. The number of aliphatic hydroxyl groups is 1. The summed E-state index contributed by atoms with van der Waals surface area (Å²) in [6.07, 6.45) is 0. The average molecular weight is 267 g/mol. The number of benzene rings is 1. The first-order valence-corrected chi connectivity index (χ1v) is 6.21. The normalized spacial score (nSPS) is 13.7. The number of amides is 1. The number of hydrogen-bond donors (Lipinski definition) is 2. The molecule has 1 atom stereocenters. The first-order valence-electron chi connectivity index (χ1n) is 6.21. The van der Waals surface area contributed by atoms with Gasteiger partial charge in [-0.25, -0.2) is 0 Å². The lowest BCUT2D eigenvalue weighted by Crippen LogP contribution is -2.43. The Bertz CT molecular complexity index is 418. The quantitative estimate of drug-likeness (QED) is 0.779. The molecule has 0 fully saturated rings. The van der Waals surface area contributed by atoms with Crippen molar-refractivity contribution in [1.82, 2.24) is 5.32 Å². The van der Waals surface area contributed by atoms with Crippen LogP contribution >= 0.6 is 0 Å². The van der Waals surface area contributed by atoms with E-state index in [0.29, 0.717) is 17.9 Å². The Hall–Kier alpha value is -1.59. The molecule has 0 aromatic heterocycles. The molecule has 106 valence electrons. The Morgan fingerprint density at radius 3 is 2.74 bits per heavy atom. The number of para-hydroxylation sites is 1. The molecule has 0 unspecified atom stereocenters. The number of carbonyl (C=O) groups excluding carboxylic acids is 1. The van der Waals surface area contributed by atoms with Crippen LogP contribution in [0.3, 0.4) is 0 Å².